The summed E-state index contributed by atoms with van der Waals surface area (Å²) in [6, 6.07) is 19.5. The number of H-pyrrole nitrogens is 1. The van der Waals surface area contributed by atoms with Gasteiger partial charge in [0.1, 0.15) is 5.56 Å². The largest absolute Gasteiger partial charge is 0.477 e. The fourth-order valence-corrected chi connectivity index (χ4v) is 4.94. The average Bonchev–Trinajstić information content (AvgIpc) is 2.84. The third-order valence-electron chi connectivity index (χ3n) is 5.64. The lowest BCUT2D eigenvalue weighted by Gasteiger charge is -2.14. The molecule has 178 valence electrons. The van der Waals surface area contributed by atoms with E-state index in [1.165, 1.54) is 25.1 Å². The number of benzene rings is 3. The molecule has 8 nitrogen and oxygen atoms in total. The lowest BCUT2D eigenvalue weighted by molar-refractivity contribution is -0.119. The molecule has 0 aliphatic heterocycles. The van der Waals surface area contributed by atoms with Crippen molar-refractivity contribution in [2.45, 2.75) is 24.3 Å². The quantitative estimate of drug-likeness (QED) is 0.347. The molecule has 35 heavy (non-hydrogen) atoms. The number of sulfonamides is 1. The van der Waals surface area contributed by atoms with E-state index in [1.807, 2.05) is 30.3 Å². The van der Waals surface area contributed by atoms with Gasteiger partial charge in [0, 0.05) is 23.5 Å². The fourth-order valence-electron chi connectivity index (χ4n) is 3.71. The molecule has 0 spiro atoms. The zero-order valence-electron chi connectivity index (χ0n) is 18.7. The van der Waals surface area contributed by atoms with E-state index in [1.54, 1.807) is 24.3 Å². The van der Waals surface area contributed by atoms with Crippen LogP contribution in [0.4, 0.5) is 0 Å². The molecule has 0 saturated heterocycles. The van der Waals surface area contributed by atoms with E-state index in [2.05, 4.69) is 9.71 Å². The molecule has 0 radical (unpaired) electrons. The van der Waals surface area contributed by atoms with Gasteiger partial charge in [-0.15, -0.1) is 0 Å². The summed E-state index contributed by atoms with van der Waals surface area (Å²) in [4.78, 5) is 39.2. The number of aromatic amines is 1. The minimum atomic E-state index is -3.94. The number of aromatic nitrogens is 1. The number of carboxylic acids is 1. The molecule has 1 heterocycles. The highest BCUT2D eigenvalue weighted by atomic mass is 32.2. The Balaban J connectivity index is 1.49. The second-order valence-corrected chi connectivity index (χ2v) is 9.81. The van der Waals surface area contributed by atoms with Gasteiger partial charge >= 0.3 is 5.97 Å². The second-order valence-electron chi connectivity index (χ2n) is 8.09. The number of hydrogen-bond acceptors (Lipinski definition) is 5. The van der Waals surface area contributed by atoms with Crippen LogP contribution in [0.1, 0.15) is 22.8 Å². The normalized spacial score (nSPS) is 12.4. The molecule has 1 aromatic heterocycles. The second kappa shape index (κ2) is 9.65. The molecule has 0 aliphatic carbocycles. The van der Waals surface area contributed by atoms with Crippen molar-refractivity contribution in [1.82, 2.24) is 9.71 Å². The topological polar surface area (TPSA) is 133 Å². The number of ketones is 1. The molecule has 0 fully saturated rings. The highest BCUT2D eigenvalue weighted by Gasteiger charge is 2.22. The third-order valence-corrected chi connectivity index (χ3v) is 7.20. The highest BCUT2D eigenvalue weighted by molar-refractivity contribution is 7.89. The van der Waals surface area contributed by atoms with E-state index in [-0.39, 0.29) is 16.7 Å². The SMILES string of the molecule is C[C@H](NS(=O)(=O)c1ccc(-c2ccccc2)cc1)C(=O)Cc1ccc2[nH]cc(C(=O)O)c(=O)c2c1. The van der Waals surface area contributed by atoms with Crippen molar-refractivity contribution in [2.75, 3.05) is 0 Å². The van der Waals surface area contributed by atoms with Crippen LogP contribution in [-0.2, 0) is 21.2 Å². The van der Waals surface area contributed by atoms with Gasteiger partial charge in [-0.05, 0) is 47.9 Å². The molecule has 1 atom stereocenters. The number of carbonyl (C=O) groups excluding carboxylic acids is 1. The van der Waals surface area contributed by atoms with E-state index in [0.717, 1.165) is 17.3 Å². The van der Waals surface area contributed by atoms with Crippen molar-refractivity contribution in [2.24, 2.45) is 0 Å². The first-order valence-electron chi connectivity index (χ1n) is 10.7. The first-order valence-corrected chi connectivity index (χ1v) is 12.2. The molecule has 3 N–H and O–H groups in total. The standard InChI is InChI=1S/C26H22N2O6S/c1-16(28-35(33,34)20-10-8-19(9-11-20)18-5-3-2-4-6-18)24(29)14-17-7-12-23-21(13-17)25(30)22(15-27-23)26(31)32/h2-13,15-16,28H,14H2,1H3,(H,27,30)(H,31,32)/t16-/m0/s1. The monoisotopic (exact) mass is 490 g/mol. The Morgan fingerprint density at radius 2 is 1.63 bits per heavy atom. The smallest absolute Gasteiger partial charge is 0.341 e. The number of carboxylic acid groups (broad SMARTS) is 1. The van der Waals surface area contributed by atoms with Crippen molar-refractivity contribution < 1.29 is 23.1 Å². The first kappa shape index (κ1) is 24.1. The van der Waals surface area contributed by atoms with Gasteiger partial charge in [0.2, 0.25) is 15.5 Å². The zero-order chi connectivity index (χ0) is 25.2. The summed E-state index contributed by atoms with van der Waals surface area (Å²) in [6.07, 6.45) is 0.990. The van der Waals surface area contributed by atoms with Gasteiger partial charge in [0.15, 0.2) is 5.78 Å². The fraction of sp³-hybridized carbons (Fsp3) is 0.115. The Bertz CT molecular complexity index is 1580. The lowest BCUT2D eigenvalue weighted by atomic mass is 10.0. The summed E-state index contributed by atoms with van der Waals surface area (Å²) in [7, 11) is -3.94. The Labute approximate surface area is 201 Å². The first-order chi connectivity index (χ1) is 16.7. The number of carbonyl (C=O) groups is 2. The van der Waals surface area contributed by atoms with E-state index < -0.39 is 38.8 Å². The maximum Gasteiger partial charge on any atom is 0.341 e. The van der Waals surface area contributed by atoms with Crippen LogP contribution >= 0.6 is 0 Å². The van der Waals surface area contributed by atoms with E-state index >= 15 is 0 Å². The number of aromatic carboxylic acids is 1. The van der Waals surface area contributed by atoms with Crippen LogP contribution in [0, 0.1) is 0 Å². The number of rotatable bonds is 8. The molecule has 3 aromatic carbocycles. The minimum absolute atomic E-state index is 0.0373. The van der Waals surface area contributed by atoms with Crippen molar-refractivity contribution in [3.63, 3.8) is 0 Å². The van der Waals surface area contributed by atoms with Gasteiger partial charge in [-0.3, -0.25) is 9.59 Å². The lowest BCUT2D eigenvalue weighted by Crippen LogP contribution is -2.39. The summed E-state index contributed by atoms with van der Waals surface area (Å²) in [5.41, 5.74) is 1.66. The Kier molecular flexibility index (Phi) is 6.63. The molecule has 0 saturated carbocycles. The summed E-state index contributed by atoms with van der Waals surface area (Å²) in [5.74, 6) is -1.76. The zero-order valence-corrected chi connectivity index (χ0v) is 19.5. The van der Waals surface area contributed by atoms with E-state index in [0.29, 0.717) is 11.1 Å². The maximum atomic E-state index is 12.8. The van der Waals surface area contributed by atoms with Crippen LogP contribution in [0.3, 0.4) is 0 Å². The number of nitrogens with one attached hydrogen (secondary N) is 2. The molecule has 0 aliphatic rings. The Morgan fingerprint density at radius 3 is 2.29 bits per heavy atom. The summed E-state index contributed by atoms with van der Waals surface area (Å²) < 4.78 is 28.0. The molecular weight excluding hydrogens is 468 g/mol. The molecule has 0 amide bonds. The molecule has 9 heteroatoms. The van der Waals surface area contributed by atoms with Crippen molar-refractivity contribution in [3.05, 3.63) is 100 Å². The van der Waals surface area contributed by atoms with Crippen molar-refractivity contribution >= 4 is 32.7 Å². The number of fused-ring (bicyclic) bond motifs is 1. The predicted molar refractivity (Wildman–Crippen MR) is 132 cm³/mol. The number of pyridine rings is 1. The summed E-state index contributed by atoms with van der Waals surface area (Å²) in [5, 5.41) is 9.29. The van der Waals surface area contributed by atoms with Gasteiger partial charge in [-0.2, -0.15) is 0 Å². The predicted octanol–water partition coefficient (Wildman–Crippen LogP) is 3.37. The summed E-state index contributed by atoms with van der Waals surface area (Å²) in [6.45, 7) is 1.45. The highest BCUT2D eigenvalue weighted by Crippen LogP contribution is 2.21. The number of Topliss-reactive ketones (excluding diaryl/α,β-unsaturated/α-hetero) is 1. The molecule has 0 unspecified atom stereocenters. The van der Waals surface area contributed by atoms with E-state index in [4.69, 9.17) is 5.11 Å². The van der Waals surface area contributed by atoms with Crippen LogP contribution in [0.2, 0.25) is 0 Å². The third kappa shape index (κ3) is 5.21. The molecule has 4 rings (SSSR count). The van der Waals surface area contributed by atoms with Gasteiger partial charge < -0.3 is 10.1 Å². The van der Waals surface area contributed by atoms with Gasteiger partial charge in [-0.25, -0.2) is 17.9 Å². The Hall–Kier alpha value is -4.08. The van der Waals surface area contributed by atoms with Gasteiger partial charge in [0.25, 0.3) is 0 Å². The summed E-state index contributed by atoms with van der Waals surface area (Å²) >= 11 is 0. The molecule has 0 bridgehead atoms. The van der Waals surface area contributed by atoms with Crippen LogP contribution in [-0.4, -0.2) is 36.3 Å². The Morgan fingerprint density at radius 1 is 0.971 bits per heavy atom. The van der Waals surface area contributed by atoms with Gasteiger partial charge in [-0.1, -0.05) is 48.5 Å². The molecule has 4 aromatic rings. The van der Waals surface area contributed by atoms with Crippen LogP contribution in [0.25, 0.3) is 22.0 Å². The number of hydrogen-bond donors (Lipinski definition) is 3. The van der Waals surface area contributed by atoms with Crippen molar-refractivity contribution in [3.8, 4) is 11.1 Å². The maximum absolute atomic E-state index is 12.8. The van der Waals surface area contributed by atoms with Gasteiger partial charge in [0.05, 0.1) is 10.9 Å². The van der Waals surface area contributed by atoms with Crippen LogP contribution < -0.4 is 10.2 Å². The van der Waals surface area contributed by atoms with Crippen LogP contribution in [0.15, 0.2) is 88.7 Å². The van der Waals surface area contributed by atoms with Crippen LogP contribution in [0.5, 0.6) is 0 Å². The average molecular weight is 491 g/mol. The van der Waals surface area contributed by atoms with E-state index in [9.17, 15) is 22.8 Å². The molecular formula is C26H22N2O6S. The van der Waals surface area contributed by atoms with Crippen molar-refractivity contribution in [1.29, 1.82) is 0 Å². The minimum Gasteiger partial charge on any atom is -0.477 e.